The monoisotopic (exact) mass is 321 g/mol. The average Bonchev–Trinajstić information content (AvgIpc) is 3.05. The summed E-state index contributed by atoms with van der Waals surface area (Å²) >= 11 is 2.52. The minimum absolute atomic E-state index is 0.150. The van der Waals surface area contributed by atoms with Crippen LogP contribution in [-0.2, 0) is 4.79 Å². The Hall–Kier alpha value is -2.13. The van der Waals surface area contributed by atoms with Gasteiger partial charge in [0.15, 0.2) is 10.3 Å². The molecule has 0 spiro atoms. The van der Waals surface area contributed by atoms with E-state index < -0.39 is 0 Å². The topological polar surface area (TPSA) is 104 Å². The van der Waals surface area contributed by atoms with Gasteiger partial charge in [-0.15, -0.1) is 11.3 Å². The molecule has 0 aromatic carbocycles. The molecule has 1 amide bonds. The molecule has 0 saturated heterocycles. The molecule has 3 heterocycles. The summed E-state index contributed by atoms with van der Waals surface area (Å²) in [4.78, 5) is 37.5. The van der Waals surface area contributed by atoms with Crippen molar-refractivity contribution in [3.05, 3.63) is 33.7 Å². The lowest BCUT2D eigenvalue weighted by atomic mass is 10.4. The maximum Gasteiger partial charge on any atom is 0.275 e. The molecule has 108 valence electrons. The van der Waals surface area contributed by atoms with Gasteiger partial charge in [0.05, 0.1) is 11.3 Å². The summed E-state index contributed by atoms with van der Waals surface area (Å²) in [6, 6.07) is 1.80. The number of amides is 1. The predicted molar refractivity (Wildman–Crippen MR) is 82.9 cm³/mol. The Bertz CT molecular complexity index is 837. The molecule has 0 radical (unpaired) electrons. The van der Waals surface area contributed by atoms with Crippen molar-refractivity contribution < 1.29 is 4.79 Å². The molecule has 3 rings (SSSR count). The lowest BCUT2D eigenvalue weighted by molar-refractivity contribution is -0.113. The summed E-state index contributed by atoms with van der Waals surface area (Å²) in [6.45, 7) is 1.86. The van der Waals surface area contributed by atoms with Crippen molar-refractivity contribution in [1.29, 1.82) is 0 Å². The largest absolute Gasteiger partial charge is 0.353 e. The number of anilines is 1. The fraction of sp³-hybridized carbons (Fsp3) is 0.167. The van der Waals surface area contributed by atoms with E-state index in [-0.39, 0.29) is 17.2 Å². The van der Waals surface area contributed by atoms with Gasteiger partial charge in [-0.05, 0) is 13.0 Å². The van der Waals surface area contributed by atoms with Gasteiger partial charge >= 0.3 is 0 Å². The predicted octanol–water partition coefficient (Wildman–Crippen LogP) is 1.75. The van der Waals surface area contributed by atoms with Gasteiger partial charge in [-0.2, -0.15) is 0 Å². The SMILES string of the molecule is Cc1cc2nc(SCC(=O)Nc3nccs3)[nH]c(=O)c2[nH]1. The van der Waals surface area contributed by atoms with Crippen LogP contribution in [0.3, 0.4) is 0 Å². The van der Waals surface area contributed by atoms with Crippen molar-refractivity contribution >= 4 is 45.2 Å². The second kappa shape index (κ2) is 5.70. The summed E-state index contributed by atoms with van der Waals surface area (Å²) in [5.74, 6) is -0.0415. The lowest BCUT2D eigenvalue weighted by Gasteiger charge is -2.01. The highest BCUT2D eigenvalue weighted by Gasteiger charge is 2.09. The first-order valence-corrected chi connectivity index (χ1v) is 7.90. The van der Waals surface area contributed by atoms with Gasteiger partial charge in [-0.1, -0.05) is 11.8 Å². The number of fused-ring (bicyclic) bond motifs is 1. The van der Waals surface area contributed by atoms with E-state index in [4.69, 9.17) is 0 Å². The molecule has 0 aliphatic carbocycles. The minimum atomic E-state index is -0.240. The van der Waals surface area contributed by atoms with Gasteiger partial charge in [-0.25, -0.2) is 9.97 Å². The van der Waals surface area contributed by atoms with Crippen molar-refractivity contribution in [3.8, 4) is 0 Å². The molecule has 0 saturated carbocycles. The van der Waals surface area contributed by atoms with E-state index in [1.165, 1.54) is 23.1 Å². The standard InChI is InChI=1S/C12H11N5O2S2/c1-6-4-7-9(14-6)10(19)17-12(15-7)21-5-8(18)16-11-13-2-3-20-11/h2-4,14H,5H2,1H3,(H,13,16,18)(H,15,17,19). The number of aromatic amines is 2. The zero-order valence-corrected chi connectivity index (χ0v) is 12.6. The van der Waals surface area contributed by atoms with E-state index in [1.807, 2.05) is 6.92 Å². The van der Waals surface area contributed by atoms with E-state index >= 15 is 0 Å². The van der Waals surface area contributed by atoms with Gasteiger partial charge in [-0.3, -0.25) is 14.6 Å². The number of rotatable bonds is 4. The highest BCUT2D eigenvalue weighted by atomic mass is 32.2. The molecule has 0 atom stereocenters. The minimum Gasteiger partial charge on any atom is -0.353 e. The number of nitrogens with one attached hydrogen (secondary N) is 3. The van der Waals surface area contributed by atoms with Crippen molar-refractivity contribution in [3.63, 3.8) is 0 Å². The van der Waals surface area contributed by atoms with Crippen LogP contribution in [0.4, 0.5) is 5.13 Å². The maximum absolute atomic E-state index is 11.9. The second-order valence-corrected chi connectivity index (χ2v) is 6.12. The van der Waals surface area contributed by atoms with Crippen LogP contribution in [0, 0.1) is 6.92 Å². The normalized spacial score (nSPS) is 10.9. The first-order chi connectivity index (χ1) is 10.1. The third-order valence-electron chi connectivity index (χ3n) is 2.62. The Balaban J connectivity index is 1.70. The molecule has 21 heavy (non-hydrogen) atoms. The Kier molecular flexibility index (Phi) is 3.76. The van der Waals surface area contributed by atoms with Crippen LogP contribution in [0.25, 0.3) is 11.0 Å². The number of thiazole rings is 1. The summed E-state index contributed by atoms with van der Waals surface area (Å²) in [6.07, 6.45) is 1.62. The van der Waals surface area contributed by atoms with Crippen LogP contribution < -0.4 is 10.9 Å². The summed E-state index contributed by atoms with van der Waals surface area (Å²) in [5, 5.41) is 5.42. The molecular weight excluding hydrogens is 310 g/mol. The smallest absolute Gasteiger partial charge is 0.275 e. The van der Waals surface area contributed by atoms with Crippen LogP contribution in [0.2, 0.25) is 0 Å². The van der Waals surface area contributed by atoms with E-state index in [1.54, 1.807) is 17.6 Å². The summed E-state index contributed by atoms with van der Waals surface area (Å²) in [5.41, 5.74) is 1.67. The lowest BCUT2D eigenvalue weighted by Crippen LogP contribution is -2.15. The third kappa shape index (κ3) is 3.14. The van der Waals surface area contributed by atoms with Crippen LogP contribution >= 0.6 is 23.1 Å². The number of aryl methyl sites for hydroxylation is 1. The van der Waals surface area contributed by atoms with Gasteiger partial charge in [0.25, 0.3) is 5.56 Å². The quantitative estimate of drug-likeness (QED) is 0.502. The van der Waals surface area contributed by atoms with Crippen molar-refractivity contribution in [2.45, 2.75) is 12.1 Å². The average molecular weight is 321 g/mol. The van der Waals surface area contributed by atoms with Gasteiger partial charge < -0.3 is 10.3 Å². The zero-order valence-electron chi connectivity index (χ0n) is 11.0. The highest BCUT2D eigenvalue weighted by Crippen LogP contribution is 2.16. The third-order valence-corrected chi connectivity index (χ3v) is 4.18. The molecule has 7 nitrogen and oxygen atoms in total. The molecule has 9 heteroatoms. The molecule has 3 aromatic heterocycles. The fourth-order valence-electron chi connectivity index (χ4n) is 1.78. The summed E-state index contributed by atoms with van der Waals surface area (Å²) in [7, 11) is 0. The van der Waals surface area contributed by atoms with Crippen molar-refractivity contribution in [2.24, 2.45) is 0 Å². The Morgan fingerprint density at radius 3 is 3.10 bits per heavy atom. The van der Waals surface area contributed by atoms with Crippen LogP contribution in [-0.4, -0.2) is 31.6 Å². The van der Waals surface area contributed by atoms with Crippen LogP contribution in [0.1, 0.15) is 5.69 Å². The molecule has 0 aliphatic rings. The maximum atomic E-state index is 11.9. The molecule has 3 aromatic rings. The Morgan fingerprint density at radius 2 is 2.33 bits per heavy atom. The van der Waals surface area contributed by atoms with E-state index in [0.717, 1.165) is 5.69 Å². The number of hydrogen-bond acceptors (Lipinski definition) is 6. The zero-order chi connectivity index (χ0) is 14.8. The molecule has 0 unspecified atom stereocenters. The summed E-state index contributed by atoms with van der Waals surface area (Å²) < 4.78 is 0. The Morgan fingerprint density at radius 1 is 1.48 bits per heavy atom. The highest BCUT2D eigenvalue weighted by molar-refractivity contribution is 7.99. The molecule has 3 N–H and O–H groups in total. The van der Waals surface area contributed by atoms with E-state index in [2.05, 4.69) is 25.3 Å². The second-order valence-electron chi connectivity index (χ2n) is 4.26. The van der Waals surface area contributed by atoms with Crippen molar-refractivity contribution in [2.75, 3.05) is 11.1 Å². The molecule has 0 bridgehead atoms. The number of H-pyrrole nitrogens is 2. The van der Waals surface area contributed by atoms with Crippen LogP contribution in [0.15, 0.2) is 27.6 Å². The number of carbonyl (C=O) groups is 1. The van der Waals surface area contributed by atoms with Crippen LogP contribution in [0.5, 0.6) is 0 Å². The number of hydrogen-bond donors (Lipinski definition) is 3. The first-order valence-electron chi connectivity index (χ1n) is 6.03. The number of thioether (sulfide) groups is 1. The fourth-order valence-corrected chi connectivity index (χ4v) is 2.99. The number of aromatic nitrogens is 4. The van der Waals surface area contributed by atoms with E-state index in [9.17, 15) is 9.59 Å². The van der Waals surface area contributed by atoms with E-state index in [0.29, 0.717) is 21.3 Å². The first kappa shape index (κ1) is 13.8. The number of nitrogens with zero attached hydrogens (tertiary/aromatic N) is 2. The molecule has 0 aliphatic heterocycles. The molecular formula is C12H11N5O2S2. The van der Waals surface area contributed by atoms with Gasteiger partial charge in [0.1, 0.15) is 5.52 Å². The Labute approximate surface area is 127 Å². The van der Waals surface area contributed by atoms with Gasteiger partial charge in [0, 0.05) is 17.3 Å². The van der Waals surface area contributed by atoms with Crippen molar-refractivity contribution in [1.82, 2.24) is 19.9 Å². The van der Waals surface area contributed by atoms with Gasteiger partial charge in [0.2, 0.25) is 5.91 Å². The molecule has 0 fully saturated rings. The number of carbonyl (C=O) groups excluding carboxylic acids is 1.